The van der Waals surface area contributed by atoms with Crippen LogP contribution >= 0.6 is 0 Å². The highest BCUT2D eigenvalue weighted by Crippen LogP contribution is 2.27. The zero-order chi connectivity index (χ0) is 16.4. The summed E-state index contributed by atoms with van der Waals surface area (Å²) < 4.78 is 5.37. The first-order valence-corrected chi connectivity index (χ1v) is 6.97. The Bertz CT molecular complexity index is 800. The zero-order valence-corrected chi connectivity index (χ0v) is 12.1. The molecule has 2 N–H and O–H groups in total. The van der Waals surface area contributed by atoms with Crippen molar-refractivity contribution in [2.75, 3.05) is 13.3 Å². The van der Waals surface area contributed by atoms with Crippen molar-refractivity contribution in [3.63, 3.8) is 0 Å². The maximum absolute atomic E-state index is 12.6. The van der Waals surface area contributed by atoms with E-state index in [1.54, 1.807) is 0 Å². The number of aromatic carboxylic acids is 1. The third-order valence-electron chi connectivity index (χ3n) is 3.63. The molecule has 0 spiro atoms. The van der Waals surface area contributed by atoms with E-state index in [1.165, 1.54) is 4.90 Å². The Morgan fingerprint density at radius 2 is 1.87 bits per heavy atom. The molecule has 2 aromatic rings. The Labute approximate surface area is 131 Å². The second-order valence-corrected chi connectivity index (χ2v) is 5.15. The Morgan fingerprint density at radius 1 is 1.17 bits per heavy atom. The summed E-state index contributed by atoms with van der Waals surface area (Å²) in [4.78, 5) is 39.2. The summed E-state index contributed by atoms with van der Waals surface area (Å²) >= 11 is 0. The first kappa shape index (κ1) is 15.0. The second kappa shape index (κ2) is 6.05. The number of aromatic nitrogens is 1. The van der Waals surface area contributed by atoms with Crippen LogP contribution in [-0.2, 0) is 4.74 Å². The molecule has 1 amide bonds. The summed E-state index contributed by atoms with van der Waals surface area (Å²) in [6, 6.07) is 11.1. The predicted molar refractivity (Wildman–Crippen MR) is 80.2 cm³/mol. The van der Waals surface area contributed by atoms with Gasteiger partial charge in [-0.25, -0.2) is 4.79 Å². The number of nitrogens with one attached hydrogen (secondary N) is 1. The molecular weight excluding hydrogens is 300 g/mol. The summed E-state index contributed by atoms with van der Waals surface area (Å²) in [5.41, 5.74) is -0.0190. The maximum atomic E-state index is 12.6. The van der Waals surface area contributed by atoms with Crippen molar-refractivity contribution in [3.8, 4) is 0 Å². The number of pyridine rings is 1. The molecule has 1 aliphatic rings. The third kappa shape index (κ3) is 3.00. The lowest BCUT2D eigenvalue weighted by atomic mass is 10.1. The third-order valence-corrected chi connectivity index (χ3v) is 3.63. The van der Waals surface area contributed by atoms with E-state index in [0.29, 0.717) is 6.61 Å². The predicted octanol–water partition coefficient (Wildman–Crippen LogP) is 1.24. The second-order valence-electron chi connectivity index (χ2n) is 5.15. The smallest absolute Gasteiger partial charge is 0.352 e. The zero-order valence-electron chi connectivity index (χ0n) is 12.1. The van der Waals surface area contributed by atoms with Crippen LogP contribution in [0.25, 0.3) is 0 Å². The van der Waals surface area contributed by atoms with Gasteiger partial charge in [-0.1, -0.05) is 30.3 Å². The van der Waals surface area contributed by atoms with Crippen LogP contribution < -0.4 is 5.43 Å². The van der Waals surface area contributed by atoms with Gasteiger partial charge in [0.2, 0.25) is 0 Å². The number of nitrogens with zero attached hydrogens (tertiary/aromatic N) is 1. The molecule has 0 bridgehead atoms. The van der Waals surface area contributed by atoms with Gasteiger partial charge in [-0.05, 0) is 5.56 Å². The number of carbonyl (C=O) groups is 2. The monoisotopic (exact) mass is 314 g/mol. The first-order valence-electron chi connectivity index (χ1n) is 6.97. The molecular formula is C16H14N2O5. The van der Waals surface area contributed by atoms with Crippen molar-refractivity contribution < 1.29 is 19.4 Å². The van der Waals surface area contributed by atoms with Gasteiger partial charge in [-0.3, -0.25) is 9.59 Å². The fraction of sp³-hybridized carbons (Fsp3) is 0.188. The topological polar surface area (TPSA) is 99.7 Å². The van der Waals surface area contributed by atoms with Gasteiger partial charge in [0, 0.05) is 12.1 Å². The van der Waals surface area contributed by atoms with Crippen LogP contribution in [0.4, 0.5) is 0 Å². The van der Waals surface area contributed by atoms with Gasteiger partial charge in [0.05, 0.1) is 12.6 Å². The Kier molecular flexibility index (Phi) is 3.94. The molecule has 1 aromatic heterocycles. The molecule has 0 radical (unpaired) electrons. The van der Waals surface area contributed by atoms with Crippen LogP contribution in [0, 0.1) is 0 Å². The molecule has 2 heterocycles. The average Bonchev–Trinajstić information content (AvgIpc) is 3.04. The highest BCUT2D eigenvalue weighted by Gasteiger charge is 2.32. The summed E-state index contributed by atoms with van der Waals surface area (Å²) in [7, 11) is 0. The Balaban J connectivity index is 1.93. The Morgan fingerprint density at radius 3 is 2.57 bits per heavy atom. The number of benzene rings is 1. The van der Waals surface area contributed by atoms with Gasteiger partial charge < -0.3 is 19.7 Å². The van der Waals surface area contributed by atoms with Crippen molar-refractivity contribution in [2.24, 2.45) is 0 Å². The molecule has 1 fully saturated rings. The molecule has 1 saturated heterocycles. The van der Waals surface area contributed by atoms with E-state index in [-0.39, 0.29) is 24.2 Å². The molecule has 7 heteroatoms. The molecule has 3 rings (SSSR count). The molecule has 1 atom stereocenters. The summed E-state index contributed by atoms with van der Waals surface area (Å²) in [6.45, 7) is 0.427. The van der Waals surface area contributed by atoms with Gasteiger partial charge in [0.15, 0.2) is 5.43 Å². The van der Waals surface area contributed by atoms with Crippen molar-refractivity contribution in [3.05, 3.63) is 69.6 Å². The lowest BCUT2D eigenvalue weighted by molar-refractivity contribution is 0.0652. The highest BCUT2D eigenvalue weighted by atomic mass is 16.5. The minimum atomic E-state index is -1.30. The van der Waals surface area contributed by atoms with Crippen LogP contribution in [-0.4, -0.2) is 40.2 Å². The van der Waals surface area contributed by atoms with E-state index in [4.69, 9.17) is 9.84 Å². The Hall–Kier alpha value is -2.93. The van der Waals surface area contributed by atoms with Gasteiger partial charge in [0.25, 0.3) is 5.91 Å². The van der Waals surface area contributed by atoms with Crippen molar-refractivity contribution in [2.45, 2.75) is 6.04 Å². The van der Waals surface area contributed by atoms with E-state index in [1.807, 2.05) is 30.3 Å². The number of carboxylic acid groups (broad SMARTS) is 1. The average molecular weight is 314 g/mol. The number of rotatable bonds is 3. The van der Waals surface area contributed by atoms with Crippen LogP contribution in [0.2, 0.25) is 0 Å². The van der Waals surface area contributed by atoms with Crippen molar-refractivity contribution in [1.29, 1.82) is 0 Å². The lowest BCUT2D eigenvalue weighted by Crippen LogP contribution is -2.33. The van der Waals surface area contributed by atoms with Gasteiger partial charge in [0.1, 0.15) is 18.1 Å². The number of H-pyrrole nitrogens is 1. The van der Waals surface area contributed by atoms with Crippen molar-refractivity contribution >= 4 is 11.9 Å². The molecule has 0 aliphatic carbocycles. The van der Waals surface area contributed by atoms with E-state index in [0.717, 1.165) is 17.7 Å². The lowest BCUT2D eigenvalue weighted by Gasteiger charge is -2.22. The van der Waals surface area contributed by atoms with Crippen LogP contribution in [0.3, 0.4) is 0 Å². The molecule has 1 aliphatic heterocycles. The molecule has 0 saturated carbocycles. The standard InChI is InChI=1S/C16H14N2O5/c19-11-6-12(17-13(7-11)16(21)22)15(20)18-9-23-8-14(18)10-4-2-1-3-5-10/h1-7,14H,8-9H2,(H,17,19)(H,21,22). The number of hydrogen-bond donors (Lipinski definition) is 2. The summed E-state index contributed by atoms with van der Waals surface area (Å²) in [6.07, 6.45) is 0. The molecule has 1 unspecified atom stereocenters. The van der Waals surface area contributed by atoms with Crippen LogP contribution in [0.5, 0.6) is 0 Å². The SMILES string of the molecule is O=C(O)c1cc(=O)cc(C(=O)N2COCC2c2ccccc2)[nH]1. The normalized spacial score (nSPS) is 17.2. The van der Waals surface area contributed by atoms with Gasteiger partial charge >= 0.3 is 5.97 Å². The van der Waals surface area contributed by atoms with Gasteiger partial charge in [-0.2, -0.15) is 0 Å². The molecule has 7 nitrogen and oxygen atoms in total. The molecule has 23 heavy (non-hydrogen) atoms. The fourth-order valence-electron chi connectivity index (χ4n) is 2.52. The minimum Gasteiger partial charge on any atom is -0.477 e. The maximum Gasteiger partial charge on any atom is 0.352 e. The number of aromatic amines is 1. The van der Waals surface area contributed by atoms with E-state index in [2.05, 4.69) is 4.98 Å². The van der Waals surface area contributed by atoms with E-state index < -0.39 is 17.3 Å². The van der Waals surface area contributed by atoms with E-state index >= 15 is 0 Å². The van der Waals surface area contributed by atoms with Crippen molar-refractivity contribution in [1.82, 2.24) is 9.88 Å². The van der Waals surface area contributed by atoms with Gasteiger partial charge in [-0.15, -0.1) is 0 Å². The molecule has 118 valence electrons. The number of carbonyl (C=O) groups excluding carboxylic acids is 1. The molecule has 1 aromatic carbocycles. The largest absolute Gasteiger partial charge is 0.477 e. The number of ether oxygens (including phenoxy) is 1. The number of carboxylic acids is 1. The highest BCUT2D eigenvalue weighted by molar-refractivity contribution is 5.94. The van der Waals surface area contributed by atoms with E-state index in [9.17, 15) is 14.4 Å². The number of amides is 1. The fourth-order valence-corrected chi connectivity index (χ4v) is 2.52. The van der Waals surface area contributed by atoms with Crippen LogP contribution in [0.15, 0.2) is 47.3 Å². The minimum absolute atomic E-state index is 0.0682. The quantitative estimate of drug-likeness (QED) is 0.888. The summed E-state index contributed by atoms with van der Waals surface area (Å²) in [5.74, 6) is -1.77. The number of hydrogen-bond acceptors (Lipinski definition) is 4. The van der Waals surface area contributed by atoms with Crippen LogP contribution in [0.1, 0.15) is 32.6 Å². The summed E-state index contributed by atoms with van der Waals surface area (Å²) in [5, 5.41) is 8.99. The first-order chi connectivity index (χ1) is 11.1.